The third-order valence-electron chi connectivity index (χ3n) is 6.88. The standard InChI is InChI=1S/C26H30N6O6/c1-15(2)21(30-25(35)38-4)23(33)31-13-5-12-26(31,3)24(34)27-17-8-6-16(7-9-17)22-28-19-11-10-18(32(36)37)14-20(19)29-22/h6-11,14-15,21H,5,12-13H2,1-4H3,(H,27,34)(H,28,29)(H,30,35)/t21-,26-/m0/s1. The molecule has 2 heterocycles. The lowest BCUT2D eigenvalue weighted by Gasteiger charge is -2.37. The van der Waals surface area contributed by atoms with Crippen LogP contribution >= 0.6 is 0 Å². The van der Waals surface area contributed by atoms with Gasteiger partial charge >= 0.3 is 6.09 Å². The maximum atomic E-state index is 13.4. The van der Waals surface area contributed by atoms with Crippen LogP contribution in [0.3, 0.4) is 0 Å². The van der Waals surface area contributed by atoms with Crippen LogP contribution in [0.2, 0.25) is 0 Å². The molecule has 1 aliphatic rings. The quantitative estimate of drug-likeness (QED) is 0.314. The molecular formula is C26H30N6O6. The minimum atomic E-state index is -1.09. The van der Waals surface area contributed by atoms with E-state index in [2.05, 4.69) is 25.3 Å². The summed E-state index contributed by atoms with van der Waals surface area (Å²) in [5, 5.41) is 16.5. The van der Waals surface area contributed by atoms with Gasteiger partial charge in [0.25, 0.3) is 5.69 Å². The first-order valence-corrected chi connectivity index (χ1v) is 12.3. The molecule has 1 saturated heterocycles. The minimum Gasteiger partial charge on any atom is -0.453 e. The van der Waals surface area contributed by atoms with Gasteiger partial charge in [-0.25, -0.2) is 9.78 Å². The SMILES string of the molecule is COC(=O)N[C@H](C(=O)N1CCC[C@@]1(C)C(=O)Nc1ccc(-c2nc3ccc([N+](=O)[O-])cc3[nH]2)cc1)C(C)C. The summed E-state index contributed by atoms with van der Waals surface area (Å²) < 4.78 is 4.66. The van der Waals surface area contributed by atoms with Crippen LogP contribution < -0.4 is 10.6 Å². The van der Waals surface area contributed by atoms with Crippen molar-refractivity contribution >= 4 is 40.3 Å². The molecule has 4 rings (SSSR count). The first kappa shape index (κ1) is 26.6. The second-order valence-electron chi connectivity index (χ2n) is 9.80. The average molecular weight is 523 g/mol. The fourth-order valence-electron chi connectivity index (χ4n) is 4.65. The Labute approximate surface area is 218 Å². The van der Waals surface area contributed by atoms with E-state index >= 15 is 0 Å². The van der Waals surface area contributed by atoms with Crippen molar-refractivity contribution in [2.24, 2.45) is 5.92 Å². The van der Waals surface area contributed by atoms with Crippen LogP contribution in [0.25, 0.3) is 22.4 Å². The number of imidazole rings is 1. The number of nitrogens with zero attached hydrogens (tertiary/aromatic N) is 3. The van der Waals surface area contributed by atoms with Crippen molar-refractivity contribution < 1.29 is 24.0 Å². The molecule has 0 radical (unpaired) electrons. The van der Waals surface area contributed by atoms with Crippen molar-refractivity contribution in [3.63, 3.8) is 0 Å². The van der Waals surface area contributed by atoms with E-state index in [1.165, 1.54) is 24.1 Å². The van der Waals surface area contributed by atoms with E-state index < -0.39 is 22.6 Å². The third kappa shape index (κ3) is 5.15. The Hall–Kier alpha value is -4.48. The average Bonchev–Trinajstić information content (AvgIpc) is 3.50. The van der Waals surface area contributed by atoms with Gasteiger partial charge in [0.15, 0.2) is 0 Å². The highest BCUT2D eigenvalue weighted by atomic mass is 16.6. The number of aromatic amines is 1. The monoisotopic (exact) mass is 522 g/mol. The summed E-state index contributed by atoms with van der Waals surface area (Å²) in [6.07, 6.45) is 0.434. The molecule has 3 amide bonds. The highest BCUT2D eigenvalue weighted by Gasteiger charge is 2.47. The number of nitro groups is 1. The van der Waals surface area contributed by atoms with Crippen LogP contribution in [-0.4, -0.2) is 62.9 Å². The fraction of sp³-hybridized carbons (Fsp3) is 0.385. The lowest BCUT2D eigenvalue weighted by molar-refractivity contribution is -0.384. The first-order chi connectivity index (χ1) is 18.0. The summed E-state index contributed by atoms with van der Waals surface area (Å²) in [7, 11) is 1.23. The summed E-state index contributed by atoms with van der Waals surface area (Å²) in [5.74, 6) is -0.323. The van der Waals surface area contributed by atoms with Crippen molar-refractivity contribution in [3.8, 4) is 11.4 Å². The Balaban J connectivity index is 1.49. The van der Waals surface area contributed by atoms with E-state index in [1.807, 2.05) is 13.8 Å². The Morgan fingerprint density at radius 3 is 2.53 bits per heavy atom. The zero-order valence-corrected chi connectivity index (χ0v) is 21.6. The van der Waals surface area contributed by atoms with Crippen molar-refractivity contribution in [2.75, 3.05) is 19.0 Å². The molecule has 2 aromatic carbocycles. The van der Waals surface area contributed by atoms with Gasteiger partial charge in [0.2, 0.25) is 11.8 Å². The lowest BCUT2D eigenvalue weighted by atomic mass is 9.95. The number of rotatable bonds is 7. The molecule has 3 aromatic rings. The van der Waals surface area contributed by atoms with Gasteiger partial charge < -0.3 is 25.3 Å². The number of carbonyl (C=O) groups is 3. The number of H-pyrrole nitrogens is 1. The number of benzene rings is 2. The Kier molecular flexibility index (Phi) is 7.33. The molecule has 2 atom stereocenters. The number of amides is 3. The van der Waals surface area contributed by atoms with Gasteiger partial charge in [0.1, 0.15) is 17.4 Å². The summed E-state index contributed by atoms with van der Waals surface area (Å²) in [4.78, 5) is 58.2. The van der Waals surface area contributed by atoms with Crippen LogP contribution in [0.4, 0.5) is 16.2 Å². The second-order valence-corrected chi connectivity index (χ2v) is 9.80. The number of hydrogen-bond acceptors (Lipinski definition) is 7. The van der Waals surface area contributed by atoms with E-state index in [4.69, 9.17) is 0 Å². The zero-order chi connectivity index (χ0) is 27.6. The number of likely N-dealkylation sites (tertiary alicyclic amines) is 1. The molecule has 12 heteroatoms. The van der Waals surface area contributed by atoms with Crippen LogP contribution in [0.1, 0.15) is 33.6 Å². The topological polar surface area (TPSA) is 160 Å². The van der Waals surface area contributed by atoms with E-state index in [1.54, 1.807) is 37.3 Å². The van der Waals surface area contributed by atoms with Gasteiger partial charge in [-0.2, -0.15) is 0 Å². The van der Waals surface area contributed by atoms with Gasteiger partial charge in [0.05, 0.1) is 23.1 Å². The number of nitrogens with one attached hydrogen (secondary N) is 3. The summed E-state index contributed by atoms with van der Waals surface area (Å²) in [6.45, 7) is 5.76. The van der Waals surface area contributed by atoms with Crippen LogP contribution in [0.15, 0.2) is 42.5 Å². The first-order valence-electron chi connectivity index (χ1n) is 12.3. The van der Waals surface area contributed by atoms with E-state index in [9.17, 15) is 24.5 Å². The summed E-state index contributed by atoms with van der Waals surface area (Å²) in [6, 6.07) is 10.6. The Bertz CT molecular complexity index is 1380. The van der Waals surface area contributed by atoms with E-state index in [0.717, 1.165) is 5.56 Å². The van der Waals surface area contributed by atoms with Crippen LogP contribution in [0.5, 0.6) is 0 Å². The van der Waals surface area contributed by atoms with Crippen molar-refractivity contribution in [1.29, 1.82) is 0 Å². The fourth-order valence-corrected chi connectivity index (χ4v) is 4.65. The molecule has 1 aliphatic heterocycles. The molecule has 0 aliphatic carbocycles. The normalized spacial score (nSPS) is 17.9. The van der Waals surface area contributed by atoms with Crippen molar-refractivity contribution in [3.05, 3.63) is 52.6 Å². The van der Waals surface area contributed by atoms with Crippen molar-refractivity contribution in [1.82, 2.24) is 20.2 Å². The molecule has 0 bridgehead atoms. The number of aromatic nitrogens is 2. The van der Waals surface area contributed by atoms with E-state index in [-0.39, 0.29) is 23.4 Å². The second kappa shape index (κ2) is 10.5. The van der Waals surface area contributed by atoms with Crippen LogP contribution in [0, 0.1) is 16.0 Å². The van der Waals surface area contributed by atoms with Crippen molar-refractivity contribution in [2.45, 2.75) is 45.2 Å². The smallest absolute Gasteiger partial charge is 0.407 e. The molecule has 12 nitrogen and oxygen atoms in total. The lowest BCUT2D eigenvalue weighted by Crippen LogP contribution is -2.59. The zero-order valence-electron chi connectivity index (χ0n) is 21.6. The summed E-state index contributed by atoms with van der Waals surface area (Å²) in [5.41, 5.74) is 1.31. The third-order valence-corrected chi connectivity index (χ3v) is 6.88. The number of alkyl carbamates (subject to hydrolysis) is 1. The molecule has 1 fully saturated rings. The number of nitro benzene ring substituents is 1. The number of carbonyl (C=O) groups excluding carboxylic acids is 3. The van der Waals surface area contributed by atoms with Gasteiger partial charge in [-0.05, 0) is 56.0 Å². The number of ether oxygens (including phenoxy) is 1. The summed E-state index contributed by atoms with van der Waals surface area (Å²) >= 11 is 0. The Morgan fingerprint density at radius 2 is 1.89 bits per heavy atom. The Morgan fingerprint density at radius 1 is 1.18 bits per heavy atom. The predicted octanol–water partition coefficient (Wildman–Crippen LogP) is 3.84. The van der Waals surface area contributed by atoms with Gasteiger partial charge in [0, 0.05) is 29.9 Å². The molecule has 0 saturated carbocycles. The molecule has 1 aromatic heterocycles. The highest BCUT2D eigenvalue weighted by Crippen LogP contribution is 2.32. The number of non-ortho nitro benzene ring substituents is 1. The number of anilines is 1. The minimum absolute atomic E-state index is 0.0283. The number of methoxy groups -OCH3 is 1. The van der Waals surface area contributed by atoms with Gasteiger partial charge in [-0.15, -0.1) is 0 Å². The molecule has 0 unspecified atom stereocenters. The maximum Gasteiger partial charge on any atom is 0.407 e. The highest BCUT2D eigenvalue weighted by molar-refractivity contribution is 6.01. The molecular weight excluding hydrogens is 492 g/mol. The van der Waals surface area contributed by atoms with E-state index in [0.29, 0.717) is 41.9 Å². The molecule has 38 heavy (non-hydrogen) atoms. The van der Waals surface area contributed by atoms with Crippen LogP contribution in [-0.2, 0) is 14.3 Å². The number of hydrogen-bond donors (Lipinski definition) is 3. The maximum absolute atomic E-state index is 13.4. The molecule has 0 spiro atoms. The molecule has 200 valence electrons. The number of fused-ring (bicyclic) bond motifs is 1. The molecule has 3 N–H and O–H groups in total. The van der Waals surface area contributed by atoms with Gasteiger partial charge in [-0.1, -0.05) is 13.8 Å². The van der Waals surface area contributed by atoms with Gasteiger partial charge in [-0.3, -0.25) is 19.7 Å². The largest absolute Gasteiger partial charge is 0.453 e. The predicted molar refractivity (Wildman–Crippen MR) is 140 cm³/mol.